The van der Waals surface area contributed by atoms with Crippen LogP contribution in [0.3, 0.4) is 0 Å². The Labute approximate surface area is 143 Å². The topological polar surface area (TPSA) is 18.5 Å². The van der Waals surface area contributed by atoms with Crippen LogP contribution in [-0.2, 0) is 9.31 Å². The summed E-state index contributed by atoms with van der Waals surface area (Å²) in [6.45, 7) is 13.3. The monoisotopic (exact) mass is 318 g/mol. The Morgan fingerprint density at radius 3 is 2.61 bits per heavy atom. The highest BCUT2D eigenvalue weighted by Crippen LogP contribution is 2.66. The van der Waals surface area contributed by atoms with Gasteiger partial charge in [0, 0.05) is 0 Å². The molecule has 0 aromatic carbocycles. The van der Waals surface area contributed by atoms with Crippen molar-refractivity contribution in [1.82, 2.24) is 0 Å². The molecule has 3 aliphatic carbocycles. The van der Waals surface area contributed by atoms with E-state index in [1.807, 2.05) is 6.08 Å². The molecule has 3 saturated carbocycles. The average Bonchev–Trinajstić information content (AvgIpc) is 2.87. The smallest absolute Gasteiger partial charge is 0.405 e. The molecule has 0 spiro atoms. The van der Waals surface area contributed by atoms with Crippen molar-refractivity contribution >= 4 is 7.12 Å². The minimum absolute atomic E-state index is 0.0216. The van der Waals surface area contributed by atoms with E-state index in [-0.39, 0.29) is 12.7 Å². The lowest BCUT2D eigenvalue weighted by molar-refractivity contribution is -0.199. The molecule has 0 aromatic heterocycles. The van der Waals surface area contributed by atoms with Crippen LogP contribution in [-0.4, -0.2) is 18.8 Å². The Morgan fingerprint density at radius 2 is 1.91 bits per heavy atom. The fourth-order valence-electron chi connectivity index (χ4n) is 5.39. The quantitative estimate of drug-likeness (QED) is 0.328. The molecule has 4 rings (SSSR count). The number of rotatable bonds is 8. The van der Waals surface area contributed by atoms with Gasteiger partial charge in [0.2, 0.25) is 0 Å². The molecule has 4 fully saturated rings. The summed E-state index contributed by atoms with van der Waals surface area (Å²) in [5, 5.41) is 0. The zero-order valence-corrected chi connectivity index (χ0v) is 15.6. The van der Waals surface area contributed by atoms with Gasteiger partial charge in [0.1, 0.15) is 0 Å². The highest BCUT2D eigenvalue weighted by atomic mass is 16.7. The van der Waals surface area contributed by atoms with E-state index < -0.39 is 0 Å². The van der Waals surface area contributed by atoms with Gasteiger partial charge in [-0.3, -0.25) is 0 Å². The lowest BCUT2D eigenvalue weighted by atomic mass is 9.43. The zero-order valence-electron chi connectivity index (χ0n) is 15.6. The van der Waals surface area contributed by atoms with Crippen LogP contribution >= 0.6 is 0 Å². The maximum absolute atomic E-state index is 6.56. The molecule has 1 heterocycles. The Morgan fingerprint density at radius 1 is 1.17 bits per heavy atom. The van der Waals surface area contributed by atoms with E-state index in [2.05, 4.69) is 34.3 Å². The minimum atomic E-state index is -0.0405. The van der Waals surface area contributed by atoms with E-state index in [4.69, 9.17) is 9.31 Å². The largest absolute Gasteiger partial charge is 0.460 e. The molecule has 4 aliphatic rings. The Hall–Kier alpha value is -0.275. The minimum Gasteiger partial charge on any atom is -0.405 e. The van der Waals surface area contributed by atoms with Gasteiger partial charge in [-0.1, -0.05) is 52.5 Å². The van der Waals surface area contributed by atoms with Gasteiger partial charge in [0.15, 0.2) is 0 Å². The first-order valence-corrected chi connectivity index (χ1v) is 9.83. The Balaban J connectivity index is 1.47. The van der Waals surface area contributed by atoms with Gasteiger partial charge in [0.05, 0.1) is 11.7 Å². The van der Waals surface area contributed by atoms with Crippen molar-refractivity contribution in [3.8, 4) is 0 Å². The lowest BCUT2D eigenvalue weighted by Gasteiger charge is -2.64. The second kappa shape index (κ2) is 6.56. The average molecular weight is 318 g/mol. The van der Waals surface area contributed by atoms with Gasteiger partial charge in [-0.05, 0) is 55.7 Å². The second-order valence-corrected chi connectivity index (χ2v) is 9.09. The van der Waals surface area contributed by atoms with Gasteiger partial charge >= 0.3 is 7.12 Å². The highest BCUT2D eigenvalue weighted by Gasteiger charge is 2.68. The van der Waals surface area contributed by atoms with E-state index in [9.17, 15) is 0 Å². The second-order valence-electron chi connectivity index (χ2n) is 9.09. The summed E-state index contributed by atoms with van der Waals surface area (Å²) in [6.07, 6.45) is 12.5. The molecule has 5 atom stereocenters. The summed E-state index contributed by atoms with van der Waals surface area (Å²) in [5.41, 5.74) is 0.402. The lowest BCUT2D eigenvalue weighted by Crippen LogP contribution is -2.65. The van der Waals surface area contributed by atoms with Crippen LogP contribution in [0, 0.1) is 17.3 Å². The summed E-state index contributed by atoms with van der Waals surface area (Å²) < 4.78 is 12.9. The molecule has 130 valence electrons. The first kappa shape index (κ1) is 17.5. The van der Waals surface area contributed by atoms with Crippen molar-refractivity contribution in [2.75, 3.05) is 0 Å². The molecule has 0 radical (unpaired) electrons. The highest BCUT2D eigenvalue weighted by molar-refractivity contribution is 6.47. The summed E-state index contributed by atoms with van der Waals surface area (Å²) in [6, 6.07) is 0. The zero-order chi connectivity index (χ0) is 16.7. The van der Waals surface area contributed by atoms with Crippen LogP contribution in [0.4, 0.5) is 0 Å². The number of hydrogen-bond donors (Lipinski definition) is 0. The molecule has 1 saturated heterocycles. The van der Waals surface area contributed by atoms with Crippen LogP contribution in [0.15, 0.2) is 12.7 Å². The van der Waals surface area contributed by atoms with Crippen LogP contribution in [0.25, 0.3) is 0 Å². The first-order valence-electron chi connectivity index (χ1n) is 9.83. The molecule has 3 heteroatoms. The van der Waals surface area contributed by atoms with Crippen molar-refractivity contribution in [2.24, 2.45) is 17.3 Å². The fourth-order valence-corrected chi connectivity index (χ4v) is 5.39. The van der Waals surface area contributed by atoms with Crippen molar-refractivity contribution in [3.63, 3.8) is 0 Å². The third-order valence-corrected chi connectivity index (χ3v) is 7.25. The standard InChI is InChI=1S/C20H35BO2/c1-6-7-8-9-10-11-12-15(2)21-22-18-14-16-13-17(19(16,3)4)20(18,5)23-21/h6,15-18H,1,7-14H2,2-5H3. The SMILES string of the molecule is C=CCCCCCCC(C)B1OC2CC3CC(C3(C)C)C2(C)O1. The Kier molecular flexibility index (Phi) is 5.00. The van der Waals surface area contributed by atoms with Gasteiger partial charge in [-0.15, -0.1) is 6.58 Å². The summed E-state index contributed by atoms with van der Waals surface area (Å²) in [7, 11) is 0.0216. The van der Waals surface area contributed by atoms with E-state index in [1.165, 1.54) is 44.9 Å². The third kappa shape index (κ3) is 3.04. The molecule has 2 bridgehead atoms. The number of allylic oxidation sites excluding steroid dienone is 1. The fraction of sp³-hybridized carbons (Fsp3) is 0.900. The molecule has 23 heavy (non-hydrogen) atoms. The Bertz CT molecular complexity index is 435. The first-order chi connectivity index (χ1) is 10.9. The van der Waals surface area contributed by atoms with E-state index >= 15 is 0 Å². The van der Waals surface area contributed by atoms with Crippen LogP contribution < -0.4 is 0 Å². The predicted octanol–water partition coefficient (Wildman–Crippen LogP) is 5.63. The summed E-state index contributed by atoms with van der Waals surface area (Å²) >= 11 is 0. The molecule has 0 aromatic rings. The van der Waals surface area contributed by atoms with Crippen molar-refractivity contribution < 1.29 is 9.31 Å². The third-order valence-electron chi connectivity index (χ3n) is 7.25. The molecular formula is C20H35BO2. The summed E-state index contributed by atoms with van der Waals surface area (Å²) in [5.74, 6) is 2.03. The molecule has 1 aliphatic heterocycles. The molecule has 0 amide bonds. The van der Waals surface area contributed by atoms with E-state index in [0.717, 1.165) is 12.3 Å². The van der Waals surface area contributed by atoms with Crippen LogP contribution in [0.5, 0.6) is 0 Å². The number of unbranched alkanes of at least 4 members (excludes halogenated alkanes) is 4. The van der Waals surface area contributed by atoms with Crippen molar-refractivity contribution in [2.45, 2.75) is 96.6 Å². The maximum Gasteiger partial charge on any atom is 0.460 e. The molecular weight excluding hydrogens is 283 g/mol. The van der Waals surface area contributed by atoms with E-state index in [0.29, 0.717) is 23.3 Å². The van der Waals surface area contributed by atoms with Crippen LogP contribution in [0.1, 0.15) is 79.1 Å². The maximum atomic E-state index is 6.56. The van der Waals surface area contributed by atoms with E-state index in [1.54, 1.807) is 0 Å². The van der Waals surface area contributed by atoms with Crippen molar-refractivity contribution in [1.29, 1.82) is 0 Å². The number of hydrogen-bond acceptors (Lipinski definition) is 2. The van der Waals surface area contributed by atoms with Gasteiger partial charge < -0.3 is 9.31 Å². The molecule has 5 unspecified atom stereocenters. The molecule has 0 N–H and O–H groups in total. The molecule has 2 nitrogen and oxygen atoms in total. The van der Waals surface area contributed by atoms with Crippen molar-refractivity contribution in [3.05, 3.63) is 12.7 Å². The normalized spacial score (nSPS) is 38.8. The summed E-state index contributed by atoms with van der Waals surface area (Å²) in [4.78, 5) is 0. The van der Waals surface area contributed by atoms with Gasteiger partial charge in [0.25, 0.3) is 0 Å². The predicted molar refractivity (Wildman–Crippen MR) is 97.4 cm³/mol. The van der Waals surface area contributed by atoms with Gasteiger partial charge in [-0.25, -0.2) is 0 Å². The van der Waals surface area contributed by atoms with Crippen LogP contribution in [0.2, 0.25) is 5.82 Å². The van der Waals surface area contributed by atoms with Gasteiger partial charge in [-0.2, -0.15) is 0 Å².